The van der Waals surface area contributed by atoms with E-state index in [0.717, 1.165) is 21.8 Å². The first-order valence-electron chi connectivity index (χ1n) is 9.07. The maximum Gasteiger partial charge on any atom is 0.289 e. The number of aromatic nitrogens is 2. The van der Waals surface area contributed by atoms with Gasteiger partial charge in [-0.2, -0.15) is 10.2 Å². The molecular formula is C22H17ClN4O2S. The van der Waals surface area contributed by atoms with E-state index >= 15 is 0 Å². The minimum absolute atomic E-state index is 0.330. The molecule has 2 aromatic heterocycles. The van der Waals surface area contributed by atoms with Crippen molar-refractivity contribution in [3.63, 3.8) is 0 Å². The summed E-state index contributed by atoms with van der Waals surface area (Å²) >= 11 is 7.43. The van der Waals surface area contributed by atoms with Crippen LogP contribution in [0.5, 0.6) is 5.75 Å². The molecule has 0 unspecified atom stereocenters. The Balaban J connectivity index is 1.34. The van der Waals surface area contributed by atoms with Gasteiger partial charge in [0.2, 0.25) is 0 Å². The number of rotatable bonds is 7. The molecule has 1 amide bonds. The first kappa shape index (κ1) is 19.9. The first-order valence-corrected chi connectivity index (χ1v) is 10.3. The van der Waals surface area contributed by atoms with Crippen molar-refractivity contribution in [2.24, 2.45) is 5.10 Å². The Morgan fingerprint density at radius 1 is 1.17 bits per heavy atom. The third-order valence-electron chi connectivity index (χ3n) is 4.19. The zero-order valence-corrected chi connectivity index (χ0v) is 17.3. The second-order valence-electron chi connectivity index (χ2n) is 6.32. The van der Waals surface area contributed by atoms with Crippen molar-refractivity contribution in [2.45, 2.75) is 6.61 Å². The summed E-state index contributed by atoms with van der Waals surface area (Å²) in [6.45, 7) is 0.454. The summed E-state index contributed by atoms with van der Waals surface area (Å²) in [5.74, 6) is 0.384. The summed E-state index contributed by atoms with van der Waals surface area (Å²) < 4.78 is 5.79. The zero-order chi connectivity index (χ0) is 20.8. The molecule has 150 valence electrons. The number of aromatic amines is 1. The van der Waals surface area contributed by atoms with Gasteiger partial charge in [-0.05, 0) is 59.5 Å². The number of hydrazone groups is 1. The highest BCUT2D eigenvalue weighted by Crippen LogP contribution is 2.22. The highest BCUT2D eigenvalue weighted by molar-refractivity contribution is 7.11. The summed E-state index contributed by atoms with van der Waals surface area (Å²) in [5.41, 5.74) is 5.38. The van der Waals surface area contributed by atoms with Crippen LogP contribution in [0.3, 0.4) is 0 Å². The summed E-state index contributed by atoms with van der Waals surface area (Å²) in [4.78, 5) is 13.1. The highest BCUT2D eigenvalue weighted by atomic mass is 35.5. The van der Waals surface area contributed by atoms with Crippen molar-refractivity contribution in [3.8, 4) is 17.0 Å². The minimum Gasteiger partial charge on any atom is -0.489 e. The monoisotopic (exact) mass is 436 g/mol. The van der Waals surface area contributed by atoms with E-state index in [-0.39, 0.29) is 5.91 Å². The molecule has 0 aliphatic heterocycles. The van der Waals surface area contributed by atoms with E-state index in [1.54, 1.807) is 12.3 Å². The Labute approximate surface area is 182 Å². The number of carbonyl (C=O) groups excluding carboxylic acids is 1. The van der Waals surface area contributed by atoms with Gasteiger partial charge in [-0.15, -0.1) is 11.3 Å². The average Bonchev–Trinajstić information content (AvgIpc) is 3.46. The van der Waals surface area contributed by atoms with Crippen LogP contribution in [0, 0.1) is 0 Å². The fourth-order valence-electron chi connectivity index (χ4n) is 2.63. The molecule has 0 aliphatic carbocycles. The van der Waals surface area contributed by atoms with Crippen molar-refractivity contribution in [3.05, 3.63) is 93.3 Å². The summed E-state index contributed by atoms with van der Waals surface area (Å²) in [6, 6.07) is 20.6. The van der Waals surface area contributed by atoms with E-state index in [9.17, 15) is 4.79 Å². The molecular weight excluding hydrogens is 420 g/mol. The molecule has 0 saturated heterocycles. The summed E-state index contributed by atoms with van der Waals surface area (Å²) in [7, 11) is 0. The van der Waals surface area contributed by atoms with E-state index in [2.05, 4.69) is 20.7 Å². The topological polar surface area (TPSA) is 79.4 Å². The Morgan fingerprint density at radius 3 is 2.70 bits per heavy atom. The number of carbonyl (C=O) groups is 1. The van der Waals surface area contributed by atoms with E-state index < -0.39 is 0 Å². The first-order chi connectivity index (χ1) is 14.7. The third kappa shape index (κ3) is 5.14. The van der Waals surface area contributed by atoms with Crippen LogP contribution in [0.15, 0.2) is 77.2 Å². The van der Waals surface area contributed by atoms with Gasteiger partial charge in [0.25, 0.3) is 5.91 Å². The molecule has 4 aromatic rings. The lowest BCUT2D eigenvalue weighted by atomic mass is 10.1. The average molecular weight is 437 g/mol. The molecule has 2 N–H and O–H groups in total. The van der Waals surface area contributed by atoms with Gasteiger partial charge < -0.3 is 4.74 Å². The molecule has 0 aliphatic rings. The fraction of sp³-hybridized carbons (Fsp3) is 0.0455. The lowest BCUT2D eigenvalue weighted by molar-refractivity contribution is 0.0950. The largest absolute Gasteiger partial charge is 0.489 e. The molecule has 30 heavy (non-hydrogen) atoms. The SMILES string of the molecule is O=C(NN=Cc1cccs1)c1cc(-c2ccc(OCc3ccc(Cl)cc3)cc2)n[nH]1. The van der Waals surface area contributed by atoms with E-state index in [4.69, 9.17) is 16.3 Å². The number of ether oxygens (including phenoxy) is 1. The number of benzene rings is 2. The number of hydrogen-bond acceptors (Lipinski definition) is 5. The molecule has 2 heterocycles. The molecule has 4 rings (SSSR count). The van der Waals surface area contributed by atoms with Gasteiger partial charge in [-0.1, -0.05) is 29.8 Å². The van der Waals surface area contributed by atoms with Gasteiger partial charge in [0, 0.05) is 15.5 Å². The molecule has 6 nitrogen and oxygen atoms in total. The van der Waals surface area contributed by atoms with Gasteiger partial charge in [0.1, 0.15) is 18.1 Å². The van der Waals surface area contributed by atoms with Gasteiger partial charge in [0.05, 0.1) is 11.9 Å². The second-order valence-corrected chi connectivity index (χ2v) is 7.74. The van der Waals surface area contributed by atoms with Gasteiger partial charge in [-0.3, -0.25) is 9.89 Å². The quantitative estimate of drug-likeness (QED) is 0.311. The van der Waals surface area contributed by atoms with Crippen LogP contribution in [-0.2, 0) is 6.61 Å². The van der Waals surface area contributed by atoms with Crippen LogP contribution in [-0.4, -0.2) is 22.3 Å². The fourth-order valence-corrected chi connectivity index (χ4v) is 3.35. The van der Waals surface area contributed by atoms with Crippen molar-refractivity contribution in [1.82, 2.24) is 15.6 Å². The van der Waals surface area contributed by atoms with Crippen LogP contribution in [0.1, 0.15) is 20.9 Å². The van der Waals surface area contributed by atoms with E-state index in [1.165, 1.54) is 11.3 Å². The van der Waals surface area contributed by atoms with Crippen molar-refractivity contribution < 1.29 is 9.53 Å². The van der Waals surface area contributed by atoms with Gasteiger partial charge in [0.15, 0.2) is 0 Å². The number of H-pyrrole nitrogens is 1. The Bertz CT molecular complexity index is 1140. The smallest absolute Gasteiger partial charge is 0.289 e. The maximum atomic E-state index is 12.2. The van der Waals surface area contributed by atoms with Crippen molar-refractivity contribution in [2.75, 3.05) is 0 Å². The number of amides is 1. The zero-order valence-electron chi connectivity index (χ0n) is 15.7. The number of nitrogens with one attached hydrogen (secondary N) is 2. The standard InChI is InChI=1S/C22H17ClN4O2S/c23-17-7-3-15(4-8-17)14-29-18-9-5-16(6-10-18)20-12-21(26-25-20)22(28)27-24-13-19-2-1-11-30-19/h1-13H,14H2,(H,25,26)(H,27,28). The van der Waals surface area contributed by atoms with Crippen LogP contribution >= 0.6 is 22.9 Å². The Morgan fingerprint density at radius 2 is 1.97 bits per heavy atom. The van der Waals surface area contributed by atoms with E-state index in [0.29, 0.717) is 23.0 Å². The maximum absolute atomic E-state index is 12.2. The third-order valence-corrected chi connectivity index (χ3v) is 5.25. The van der Waals surface area contributed by atoms with Crippen LogP contribution in [0.4, 0.5) is 0 Å². The molecule has 0 spiro atoms. The molecule has 0 radical (unpaired) electrons. The van der Waals surface area contributed by atoms with Crippen LogP contribution in [0.25, 0.3) is 11.3 Å². The second kappa shape index (κ2) is 9.39. The van der Waals surface area contributed by atoms with Crippen molar-refractivity contribution >= 4 is 35.1 Å². The molecule has 0 fully saturated rings. The Kier molecular flexibility index (Phi) is 6.22. The summed E-state index contributed by atoms with van der Waals surface area (Å²) in [5, 5.41) is 13.5. The Hall–Kier alpha value is -3.42. The van der Waals surface area contributed by atoms with Crippen molar-refractivity contribution in [1.29, 1.82) is 0 Å². The van der Waals surface area contributed by atoms with Crippen LogP contribution < -0.4 is 10.2 Å². The highest BCUT2D eigenvalue weighted by Gasteiger charge is 2.10. The molecule has 0 saturated carbocycles. The van der Waals surface area contributed by atoms with Gasteiger partial charge >= 0.3 is 0 Å². The molecule has 0 atom stereocenters. The number of halogens is 1. The predicted molar refractivity (Wildman–Crippen MR) is 119 cm³/mol. The number of nitrogens with zero attached hydrogens (tertiary/aromatic N) is 2. The lowest BCUT2D eigenvalue weighted by Crippen LogP contribution is -2.17. The van der Waals surface area contributed by atoms with E-state index in [1.807, 2.05) is 66.0 Å². The lowest BCUT2D eigenvalue weighted by Gasteiger charge is -2.07. The molecule has 2 aromatic carbocycles. The summed E-state index contributed by atoms with van der Waals surface area (Å²) in [6.07, 6.45) is 1.60. The predicted octanol–water partition coefficient (Wildman–Crippen LogP) is 5.13. The number of hydrogen-bond donors (Lipinski definition) is 2. The molecule has 0 bridgehead atoms. The number of thiophene rings is 1. The van der Waals surface area contributed by atoms with Crippen LogP contribution in [0.2, 0.25) is 5.02 Å². The van der Waals surface area contributed by atoms with Gasteiger partial charge in [-0.25, -0.2) is 5.43 Å². The normalized spacial score (nSPS) is 11.0. The minimum atomic E-state index is -0.357. The molecule has 8 heteroatoms.